The molecule has 0 aliphatic carbocycles. The van der Waals surface area contributed by atoms with E-state index in [2.05, 4.69) is 5.32 Å². The third-order valence-electron chi connectivity index (χ3n) is 2.30. The fraction of sp³-hybridized carbons (Fsp3) is 0.917. The van der Waals surface area contributed by atoms with Crippen LogP contribution in [0.4, 0.5) is 0 Å². The second-order valence-electron chi connectivity index (χ2n) is 6.16. The van der Waals surface area contributed by atoms with Gasteiger partial charge in [-0.2, -0.15) is 0 Å². The van der Waals surface area contributed by atoms with Gasteiger partial charge in [-0.25, -0.2) is 0 Å². The first-order valence-corrected chi connectivity index (χ1v) is 5.67. The number of nitrogens with one attached hydrogen (secondary N) is 1. The number of aliphatic hydroxyl groups is 1. The van der Waals surface area contributed by atoms with Crippen molar-refractivity contribution < 1.29 is 49.3 Å². The maximum Gasteiger partial charge on any atom is 1.00 e. The van der Waals surface area contributed by atoms with Crippen molar-refractivity contribution in [1.29, 1.82) is 0 Å². The number of aliphatic hydroxyl groups excluding tert-OH is 1. The van der Waals surface area contributed by atoms with Crippen molar-refractivity contribution in [3.8, 4) is 0 Å². The van der Waals surface area contributed by atoms with Crippen molar-refractivity contribution in [3.05, 3.63) is 0 Å². The molecule has 18 heavy (non-hydrogen) atoms. The maximum atomic E-state index is 10.9. The summed E-state index contributed by atoms with van der Waals surface area (Å²) in [5, 5.41) is 23.1. The Hall–Kier alpha value is 0.350. The number of rotatable bonds is 6. The van der Waals surface area contributed by atoms with E-state index < -0.39 is 17.0 Å². The van der Waals surface area contributed by atoms with E-state index in [0.29, 0.717) is 0 Å². The smallest absolute Gasteiger partial charge is 0.548 e. The molecule has 2 N–H and O–H groups in total. The molecule has 0 aliphatic heterocycles. The van der Waals surface area contributed by atoms with Crippen molar-refractivity contribution in [2.24, 2.45) is 0 Å². The molecule has 0 fully saturated rings. The molecule has 0 amide bonds. The molecule has 0 aromatic rings. The summed E-state index contributed by atoms with van der Waals surface area (Å²) in [5.41, 5.74) is -2.39. The van der Waals surface area contributed by atoms with Crippen LogP contribution in [0.1, 0.15) is 41.5 Å². The summed E-state index contributed by atoms with van der Waals surface area (Å²) in [6.07, 6.45) is 0. The van der Waals surface area contributed by atoms with Crippen molar-refractivity contribution >= 4 is 5.97 Å². The van der Waals surface area contributed by atoms with Crippen LogP contribution in [0.3, 0.4) is 0 Å². The molecule has 0 aliphatic rings. The minimum atomic E-state index is -1.22. The summed E-state index contributed by atoms with van der Waals surface area (Å²) in [7, 11) is 0. The predicted octanol–water partition coefficient (Wildman–Crippen LogP) is -3.33. The molecule has 5 nitrogen and oxygen atoms in total. The zero-order valence-electron chi connectivity index (χ0n) is 12.6. The van der Waals surface area contributed by atoms with Crippen molar-refractivity contribution in [2.75, 3.05) is 13.2 Å². The molecule has 6 heteroatoms. The number of aliphatic carboxylic acids is 1. The number of carbonyl (C=O) groups is 1. The van der Waals surface area contributed by atoms with Crippen molar-refractivity contribution in [2.45, 2.75) is 58.2 Å². The Kier molecular flexibility index (Phi) is 8.29. The number of carbonyl (C=O) groups excluding carboxylic acids is 1. The fourth-order valence-corrected chi connectivity index (χ4v) is 1.30. The molecule has 102 valence electrons. The zero-order valence-corrected chi connectivity index (χ0v) is 14.6. The molecule has 0 radical (unpaired) electrons. The molecule has 0 rings (SSSR count). The number of ether oxygens (including phenoxy) is 1. The summed E-state index contributed by atoms with van der Waals surface area (Å²) >= 11 is 0. The summed E-state index contributed by atoms with van der Waals surface area (Å²) in [4.78, 5) is 10.9. The Morgan fingerprint density at radius 2 is 1.67 bits per heavy atom. The Labute approximate surface area is 132 Å². The molecule has 1 atom stereocenters. The van der Waals surface area contributed by atoms with Gasteiger partial charge in [0.1, 0.15) is 0 Å². The standard InChI is InChI=1S/C12H25NO4.Na/c1-10(2,3)17-8-12(6,7-14)13-11(4,5)9(15)16;/h13-14H,7-8H2,1-6H3,(H,15,16);/q;+1/p-1. The number of hydrogen-bond donors (Lipinski definition) is 2. The number of hydrogen-bond acceptors (Lipinski definition) is 5. The van der Waals surface area contributed by atoms with Crippen LogP contribution in [0.2, 0.25) is 0 Å². The molecule has 1 unspecified atom stereocenters. The minimum absolute atomic E-state index is 0. The third-order valence-corrected chi connectivity index (χ3v) is 2.30. The first kappa shape index (κ1) is 20.7. The van der Waals surface area contributed by atoms with E-state index in [1.54, 1.807) is 6.92 Å². The van der Waals surface area contributed by atoms with Crippen LogP contribution < -0.4 is 40.0 Å². The van der Waals surface area contributed by atoms with Gasteiger partial charge in [-0.15, -0.1) is 0 Å². The van der Waals surface area contributed by atoms with E-state index in [4.69, 9.17) is 4.74 Å². The summed E-state index contributed by atoms with van der Waals surface area (Å²) in [6, 6.07) is 0. The molecule has 0 aromatic carbocycles. The van der Waals surface area contributed by atoms with E-state index in [0.717, 1.165) is 0 Å². The average Bonchev–Trinajstić information content (AvgIpc) is 2.13. The third kappa shape index (κ3) is 7.71. The van der Waals surface area contributed by atoms with Crippen molar-refractivity contribution in [1.82, 2.24) is 5.32 Å². The van der Waals surface area contributed by atoms with Gasteiger partial charge in [0.05, 0.1) is 35.9 Å². The van der Waals surface area contributed by atoms with E-state index in [-0.39, 0.29) is 48.4 Å². The SMILES string of the molecule is CC(CO)(COC(C)(C)C)NC(C)(C)C(=O)[O-].[Na+]. The minimum Gasteiger partial charge on any atom is -0.548 e. The maximum absolute atomic E-state index is 10.9. The van der Waals surface area contributed by atoms with Crippen LogP contribution in [-0.2, 0) is 9.53 Å². The van der Waals surface area contributed by atoms with Gasteiger partial charge in [-0.05, 0) is 41.5 Å². The Bertz CT molecular complexity index is 276. The van der Waals surface area contributed by atoms with Gasteiger partial charge in [-0.1, -0.05) is 0 Å². The van der Waals surface area contributed by atoms with Gasteiger partial charge in [0.25, 0.3) is 0 Å². The van der Waals surface area contributed by atoms with Crippen LogP contribution in [0, 0.1) is 0 Å². The van der Waals surface area contributed by atoms with E-state index in [9.17, 15) is 15.0 Å². The van der Waals surface area contributed by atoms with E-state index >= 15 is 0 Å². The summed E-state index contributed by atoms with van der Waals surface area (Å²) in [5.74, 6) is -1.21. The monoisotopic (exact) mass is 269 g/mol. The second-order valence-corrected chi connectivity index (χ2v) is 6.16. The molecule has 0 heterocycles. The molecule has 0 spiro atoms. The van der Waals surface area contributed by atoms with Crippen LogP contribution in [0.25, 0.3) is 0 Å². The first-order valence-electron chi connectivity index (χ1n) is 5.67. The van der Waals surface area contributed by atoms with Crippen LogP contribution in [0.5, 0.6) is 0 Å². The van der Waals surface area contributed by atoms with Gasteiger partial charge >= 0.3 is 29.6 Å². The molecule has 0 saturated heterocycles. The molecule has 0 aromatic heterocycles. The Morgan fingerprint density at radius 1 is 1.22 bits per heavy atom. The normalized spacial score (nSPS) is 15.7. The Balaban J connectivity index is 0. The zero-order chi connectivity index (χ0) is 13.9. The van der Waals surface area contributed by atoms with Gasteiger partial charge < -0.3 is 19.7 Å². The fourth-order valence-electron chi connectivity index (χ4n) is 1.30. The largest absolute Gasteiger partial charge is 1.00 e. The van der Waals surface area contributed by atoms with Gasteiger partial charge in [0.15, 0.2) is 0 Å². The quantitative estimate of drug-likeness (QED) is 0.493. The van der Waals surface area contributed by atoms with Crippen LogP contribution >= 0.6 is 0 Å². The molecule has 0 saturated carbocycles. The Morgan fingerprint density at radius 3 is 1.94 bits per heavy atom. The van der Waals surface area contributed by atoms with Gasteiger partial charge in [0.2, 0.25) is 0 Å². The number of carboxylic acid groups (broad SMARTS) is 1. The van der Waals surface area contributed by atoms with E-state index in [1.165, 1.54) is 13.8 Å². The van der Waals surface area contributed by atoms with Gasteiger partial charge in [0, 0.05) is 0 Å². The van der Waals surface area contributed by atoms with Gasteiger partial charge in [-0.3, -0.25) is 5.32 Å². The molecular weight excluding hydrogens is 245 g/mol. The second kappa shape index (κ2) is 7.22. The number of carboxylic acids is 1. The average molecular weight is 269 g/mol. The van der Waals surface area contributed by atoms with Crippen LogP contribution in [-0.4, -0.2) is 41.0 Å². The van der Waals surface area contributed by atoms with Crippen LogP contribution in [0.15, 0.2) is 0 Å². The molecule has 0 bridgehead atoms. The van der Waals surface area contributed by atoms with E-state index in [1.807, 2.05) is 20.8 Å². The molecular formula is C12H24NNaO4. The topological polar surface area (TPSA) is 81.6 Å². The van der Waals surface area contributed by atoms with Crippen molar-refractivity contribution in [3.63, 3.8) is 0 Å². The first-order chi connectivity index (χ1) is 7.42. The summed E-state index contributed by atoms with van der Waals surface area (Å²) < 4.78 is 5.58. The predicted molar refractivity (Wildman–Crippen MR) is 63.4 cm³/mol. The summed E-state index contributed by atoms with van der Waals surface area (Å²) in [6.45, 7) is 10.4.